The van der Waals surface area contributed by atoms with Gasteiger partial charge in [-0.25, -0.2) is 19.9 Å². The van der Waals surface area contributed by atoms with Crippen molar-refractivity contribution in [3.8, 4) is 56.5 Å². The Labute approximate surface area is 331 Å². The maximum absolute atomic E-state index is 7.04. The van der Waals surface area contributed by atoms with Gasteiger partial charge in [0.15, 0.2) is 17.5 Å². The van der Waals surface area contributed by atoms with Crippen LogP contribution in [0.2, 0.25) is 0 Å². The number of hydrogen-bond acceptors (Lipinski definition) is 6. The van der Waals surface area contributed by atoms with E-state index in [-0.39, 0.29) is 0 Å². The smallest absolute Gasteiger partial charge is 0.167 e. The van der Waals surface area contributed by atoms with Crippen molar-refractivity contribution >= 4 is 65.6 Å². The van der Waals surface area contributed by atoms with Crippen LogP contribution in [0.3, 0.4) is 0 Å². The number of pyridine rings is 1. The molecule has 8 aromatic carbocycles. The van der Waals surface area contributed by atoms with E-state index in [1.54, 1.807) is 0 Å². The Morgan fingerprint density at radius 3 is 1.69 bits per heavy atom. The van der Waals surface area contributed by atoms with Gasteiger partial charge in [0, 0.05) is 60.0 Å². The van der Waals surface area contributed by atoms with Crippen LogP contribution in [0.25, 0.3) is 122 Å². The summed E-state index contributed by atoms with van der Waals surface area (Å²) in [6.07, 6.45) is 0. The molecule has 0 N–H and O–H groups in total. The van der Waals surface area contributed by atoms with Gasteiger partial charge in [-0.1, -0.05) is 152 Å². The second-order valence-corrected chi connectivity index (χ2v) is 14.5. The van der Waals surface area contributed by atoms with Crippen LogP contribution in [0.5, 0.6) is 0 Å². The normalized spacial score (nSPS) is 11.8. The third-order valence-corrected chi connectivity index (χ3v) is 11.1. The van der Waals surface area contributed by atoms with Gasteiger partial charge in [0.05, 0.1) is 16.8 Å². The minimum Gasteiger partial charge on any atom is -0.455 e. The lowest BCUT2D eigenvalue weighted by Gasteiger charge is -2.10. The lowest BCUT2D eigenvalue weighted by Crippen LogP contribution is -2.00. The van der Waals surface area contributed by atoms with E-state index in [0.717, 1.165) is 105 Å². The minimum atomic E-state index is 0.543. The molecular formula is C52H30N4O2. The predicted octanol–water partition coefficient (Wildman–Crippen LogP) is 13.7. The van der Waals surface area contributed by atoms with Crippen molar-refractivity contribution in [2.45, 2.75) is 0 Å². The molecule has 0 amide bonds. The van der Waals surface area contributed by atoms with Gasteiger partial charge in [0.25, 0.3) is 0 Å². The highest BCUT2D eigenvalue weighted by Gasteiger charge is 2.21. The highest BCUT2D eigenvalue weighted by Crippen LogP contribution is 2.43. The second-order valence-electron chi connectivity index (χ2n) is 14.5. The zero-order chi connectivity index (χ0) is 38.2. The molecule has 0 saturated heterocycles. The maximum atomic E-state index is 7.04. The summed E-state index contributed by atoms with van der Waals surface area (Å²) >= 11 is 0. The predicted molar refractivity (Wildman–Crippen MR) is 234 cm³/mol. The maximum Gasteiger partial charge on any atom is 0.167 e. The topological polar surface area (TPSA) is 77.8 Å². The lowest BCUT2D eigenvalue weighted by atomic mass is 9.97. The van der Waals surface area contributed by atoms with Crippen molar-refractivity contribution in [1.82, 2.24) is 19.9 Å². The molecule has 6 heteroatoms. The molecule has 12 aromatic rings. The molecule has 4 aromatic heterocycles. The van der Waals surface area contributed by atoms with Crippen LogP contribution in [-0.2, 0) is 0 Å². The Morgan fingerprint density at radius 1 is 0.310 bits per heavy atom. The van der Waals surface area contributed by atoms with E-state index in [1.165, 1.54) is 0 Å². The molecule has 0 fully saturated rings. The molecule has 12 rings (SSSR count). The summed E-state index contributed by atoms with van der Waals surface area (Å²) in [7, 11) is 0. The van der Waals surface area contributed by atoms with Crippen LogP contribution < -0.4 is 0 Å². The summed E-state index contributed by atoms with van der Waals surface area (Å²) < 4.78 is 13.5. The molecule has 6 nitrogen and oxygen atoms in total. The van der Waals surface area contributed by atoms with Gasteiger partial charge in [-0.15, -0.1) is 0 Å². The largest absolute Gasteiger partial charge is 0.455 e. The SMILES string of the molecule is c1ccc(-c2nc(-c3cccc(-c4cccc5c4oc4c5ccc5c(-c6ccccc6)nc6ccccc6c54)c3)nc(-c3cccc4c3oc3ccccc34)n2)cc1. The quantitative estimate of drug-likeness (QED) is 0.163. The van der Waals surface area contributed by atoms with E-state index < -0.39 is 0 Å². The number of benzene rings is 8. The van der Waals surface area contributed by atoms with Crippen LogP contribution in [0, 0.1) is 0 Å². The van der Waals surface area contributed by atoms with Crippen molar-refractivity contribution in [3.63, 3.8) is 0 Å². The highest BCUT2D eigenvalue weighted by atomic mass is 16.3. The van der Waals surface area contributed by atoms with Gasteiger partial charge in [0.1, 0.15) is 22.3 Å². The third kappa shape index (κ3) is 5.05. The first kappa shape index (κ1) is 32.3. The number of fused-ring (bicyclic) bond motifs is 10. The first-order valence-electron chi connectivity index (χ1n) is 19.3. The summed E-state index contributed by atoms with van der Waals surface area (Å²) in [5.41, 5.74) is 10.7. The standard InChI is InChI=1S/C52H30N4O2/c1-3-14-31(15-4-1)46-41-29-28-39-38-24-12-22-35(47(38)58-49(39)45(41)40-21-7-9-26-43(40)53-46)33-18-11-19-34(30-33)51-54-50(32-16-5-2-6-17-32)55-52(56-51)42-25-13-23-37-36-20-8-10-27-44(36)57-48(37)42/h1-30H. The highest BCUT2D eigenvalue weighted by molar-refractivity contribution is 6.25. The zero-order valence-corrected chi connectivity index (χ0v) is 30.9. The van der Waals surface area contributed by atoms with E-state index in [1.807, 2.05) is 72.8 Å². The van der Waals surface area contributed by atoms with Gasteiger partial charge >= 0.3 is 0 Å². The monoisotopic (exact) mass is 742 g/mol. The number of para-hydroxylation sites is 4. The Bertz CT molecular complexity index is 3570. The molecule has 58 heavy (non-hydrogen) atoms. The molecule has 0 aliphatic heterocycles. The fraction of sp³-hybridized carbons (Fsp3) is 0. The first-order valence-corrected chi connectivity index (χ1v) is 19.3. The molecule has 0 bridgehead atoms. The molecule has 4 heterocycles. The summed E-state index contributed by atoms with van der Waals surface area (Å²) in [4.78, 5) is 20.4. The number of nitrogens with zero attached hydrogens (tertiary/aromatic N) is 4. The average molecular weight is 743 g/mol. The van der Waals surface area contributed by atoms with E-state index >= 15 is 0 Å². The molecule has 0 spiro atoms. The van der Waals surface area contributed by atoms with Gasteiger partial charge in [0.2, 0.25) is 0 Å². The number of furan rings is 2. The van der Waals surface area contributed by atoms with Crippen LogP contribution in [0.1, 0.15) is 0 Å². The molecule has 0 aliphatic rings. The zero-order valence-electron chi connectivity index (χ0n) is 30.9. The molecule has 0 saturated carbocycles. The summed E-state index contributed by atoms with van der Waals surface area (Å²) in [6.45, 7) is 0. The molecular weight excluding hydrogens is 713 g/mol. The lowest BCUT2D eigenvalue weighted by molar-refractivity contribution is 0.669. The molecule has 270 valence electrons. The van der Waals surface area contributed by atoms with Gasteiger partial charge in [-0.3, -0.25) is 0 Å². The molecule has 0 atom stereocenters. The Balaban J connectivity index is 1.05. The van der Waals surface area contributed by atoms with Crippen LogP contribution in [0.15, 0.2) is 191 Å². The van der Waals surface area contributed by atoms with Crippen molar-refractivity contribution in [2.75, 3.05) is 0 Å². The summed E-state index contributed by atoms with van der Waals surface area (Å²) in [5, 5.41) is 7.36. The summed E-state index contributed by atoms with van der Waals surface area (Å²) in [6, 6.07) is 62.0. The fourth-order valence-electron chi connectivity index (χ4n) is 8.42. The molecule has 0 aliphatic carbocycles. The van der Waals surface area contributed by atoms with E-state index in [0.29, 0.717) is 17.5 Å². The third-order valence-electron chi connectivity index (χ3n) is 11.1. The van der Waals surface area contributed by atoms with Gasteiger partial charge in [-0.2, -0.15) is 0 Å². The van der Waals surface area contributed by atoms with E-state index in [2.05, 4.69) is 109 Å². The molecule has 0 unspecified atom stereocenters. The first-order chi connectivity index (χ1) is 28.7. The number of aromatic nitrogens is 4. The van der Waals surface area contributed by atoms with Crippen molar-refractivity contribution in [2.24, 2.45) is 0 Å². The van der Waals surface area contributed by atoms with Crippen LogP contribution in [-0.4, -0.2) is 19.9 Å². The van der Waals surface area contributed by atoms with Crippen molar-refractivity contribution in [1.29, 1.82) is 0 Å². The number of rotatable bonds is 5. The molecule has 0 radical (unpaired) electrons. The van der Waals surface area contributed by atoms with Gasteiger partial charge < -0.3 is 8.83 Å². The van der Waals surface area contributed by atoms with Crippen molar-refractivity contribution in [3.05, 3.63) is 182 Å². The van der Waals surface area contributed by atoms with Crippen LogP contribution in [0.4, 0.5) is 0 Å². The summed E-state index contributed by atoms with van der Waals surface area (Å²) in [5.74, 6) is 1.69. The number of hydrogen-bond donors (Lipinski definition) is 0. The van der Waals surface area contributed by atoms with Crippen LogP contribution >= 0.6 is 0 Å². The van der Waals surface area contributed by atoms with Crippen molar-refractivity contribution < 1.29 is 8.83 Å². The Morgan fingerprint density at radius 2 is 0.862 bits per heavy atom. The fourth-order valence-corrected chi connectivity index (χ4v) is 8.42. The second kappa shape index (κ2) is 12.8. The van der Waals surface area contributed by atoms with Gasteiger partial charge in [-0.05, 0) is 35.9 Å². The Hall–Kier alpha value is -7.96. The Kier molecular flexibility index (Phi) is 7.13. The van der Waals surface area contributed by atoms with E-state index in [9.17, 15) is 0 Å². The minimum absolute atomic E-state index is 0.543. The average Bonchev–Trinajstić information content (AvgIpc) is 3.88. The van der Waals surface area contributed by atoms with E-state index in [4.69, 9.17) is 28.8 Å².